The van der Waals surface area contributed by atoms with Crippen LogP contribution in [0.15, 0.2) is 47.4 Å². The van der Waals surface area contributed by atoms with Crippen LogP contribution in [0, 0.1) is 13.8 Å². The fourth-order valence-electron chi connectivity index (χ4n) is 3.12. The molecule has 0 aliphatic carbocycles. The molecular formula is C21H22F3N3O4S2. The lowest BCUT2D eigenvalue weighted by Gasteiger charge is -2.29. The average molecular weight is 502 g/mol. The number of hydrogen-bond donors (Lipinski definition) is 3. The van der Waals surface area contributed by atoms with Crippen molar-refractivity contribution in [3.8, 4) is 0 Å². The summed E-state index contributed by atoms with van der Waals surface area (Å²) < 4.78 is 64.3. The molecule has 33 heavy (non-hydrogen) atoms. The zero-order valence-electron chi connectivity index (χ0n) is 17.7. The Morgan fingerprint density at radius 2 is 1.88 bits per heavy atom. The van der Waals surface area contributed by atoms with Crippen molar-refractivity contribution in [1.29, 1.82) is 0 Å². The van der Waals surface area contributed by atoms with Gasteiger partial charge in [-0.1, -0.05) is 12.1 Å². The van der Waals surface area contributed by atoms with Gasteiger partial charge in [-0.2, -0.15) is 13.2 Å². The highest BCUT2D eigenvalue weighted by Crippen LogP contribution is 2.31. The normalized spacial score (nSPS) is 19.1. The van der Waals surface area contributed by atoms with Crippen LogP contribution in [0.4, 0.5) is 18.9 Å². The minimum Gasteiger partial charge on any atom is -0.331 e. The van der Waals surface area contributed by atoms with Crippen molar-refractivity contribution in [2.75, 3.05) is 17.6 Å². The molecule has 7 nitrogen and oxygen atoms in total. The van der Waals surface area contributed by atoms with E-state index in [2.05, 4.69) is 16.0 Å². The lowest BCUT2D eigenvalue weighted by atomic mass is 10.1. The molecule has 1 fully saturated rings. The van der Waals surface area contributed by atoms with E-state index in [1.165, 1.54) is 0 Å². The lowest BCUT2D eigenvalue weighted by molar-refractivity contribution is -0.137. The van der Waals surface area contributed by atoms with Gasteiger partial charge in [0.2, 0.25) is 11.8 Å². The summed E-state index contributed by atoms with van der Waals surface area (Å²) in [4.78, 5) is 24.1. The number of hydrogen-bond acceptors (Lipinski definition) is 6. The maximum absolute atomic E-state index is 12.9. The Labute approximate surface area is 193 Å². The van der Waals surface area contributed by atoms with Gasteiger partial charge in [-0.25, -0.2) is 8.42 Å². The van der Waals surface area contributed by atoms with Crippen LogP contribution in [0.3, 0.4) is 0 Å². The molecule has 178 valence electrons. The van der Waals surface area contributed by atoms with Gasteiger partial charge in [0.25, 0.3) is 0 Å². The van der Waals surface area contributed by atoms with Crippen molar-refractivity contribution in [1.82, 2.24) is 10.6 Å². The summed E-state index contributed by atoms with van der Waals surface area (Å²) in [6.45, 7) is 3.57. The summed E-state index contributed by atoms with van der Waals surface area (Å²) in [7, 11) is -4.36. The van der Waals surface area contributed by atoms with Crippen LogP contribution in [0.5, 0.6) is 0 Å². The Morgan fingerprint density at radius 3 is 2.52 bits per heavy atom. The number of thioether (sulfide) groups is 1. The molecule has 0 radical (unpaired) electrons. The van der Waals surface area contributed by atoms with E-state index in [0.717, 1.165) is 41.1 Å². The Kier molecular flexibility index (Phi) is 7.39. The molecule has 12 heteroatoms. The van der Waals surface area contributed by atoms with Crippen molar-refractivity contribution in [2.24, 2.45) is 0 Å². The van der Waals surface area contributed by atoms with E-state index in [1.807, 2.05) is 26.0 Å². The lowest BCUT2D eigenvalue weighted by Crippen LogP contribution is -2.59. The second-order valence-electron chi connectivity index (χ2n) is 7.51. The maximum Gasteiger partial charge on any atom is 0.416 e. The summed E-state index contributed by atoms with van der Waals surface area (Å²) in [5, 5.41) is 6.41. The van der Waals surface area contributed by atoms with E-state index in [0.29, 0.717) is 11.8 Å². The number of amides is 2. The summed E-state index contributed by atoms with van der Waals surface area (Å²) >= 11 is 1.05. The molecule has 0 bridgehead atoms. The van der Waals surface area contributed by atoms with Gasteiger partial charge in [0.1, 0.15) is 5.50 Å². The first kappa shape index (κ1) is 25.1. The minimum absolute atomic E-state index is 0.0179. The van der Waals surface area contributed by atoms with Crippen LogP contribution in [-0.4, -0.2) is 43.3 Å². The van der Waals surface area contributed by atoms with Crippen molar-refractivity contribution in [3.05, 3.63) is 59.2 Å². The molecule has 2 atom stereocenters. The molecule has 0 saturated carbocycles. The number of anilines is 1. The number of sulfone groups is 1. The van der Waals surface area contributed by atoms with Crippen molar-refractivity contribution in [3.63, 3.8) is 0 Å². The van der Waals surface area contributed by atoms with E-state index < -0.39 is 43.1 Å². The molecule has 1 aliphatic rings. The maximum atomic E-state index is 12.9. The molecule has 2 amide bonds. The molecule has 1 heterocycles. The number of benzene rings is 2. The summed E-state index contributed by atoms with van der Waals surface area (Å²) in [5.41, 5.74) is 0.907. The summed E-state index contributed by atoms with van der Waals surface area (Å²) in [5.74, 6) is -1.17. The van der Waals surface area contributed by atoms with Gasteiger partial charge in [0.15, 0.2) is 15.1 Å². The summed E-state index contributed by atoms with van der Waals surface area (Å²) in [6.07, 6.45) is -4.71. The fraction of sp³-hybridized carbons (Fsp3) is 0.333. The topological polar surface area (TPSA) is 104 Å². The van der Waals surface area contributed by atoms with Crippen LogP contribution < -0.4 is 16.0 Å². The number of nitrogens with one attached hydrogen (secondary N) is 3. The average Bonchev–Trinajstić information content (AvgIpc) is 2.74. The van der Waals surface area contributed by atoms with Gasteiger partial charge >= 0.3 is 6.18 Å². The van der Waals surface area contributed by atoms with Crippen LogP contribution in [0.1, 0.15) is 16.7 Å². The highest BCUT2D eigenvalue weighted by Gasteiger charge is 2.40. The van der Waals surface area contributed by atoms with Gasteiger partial charge in [0, 0.05) is 12.2 Å². The van der Waals surface area contributed by atoms with E-state index in [-0.39, 0.29) is 18.2 Å². The van der Waals surface area contributed by atoms with Gasteiger partial charge in [-0.05, 0) is 55.3 Å². The van der Waals surface area contributed by atoms with E-state index in [9.17, 15) is 31.2 Å². The number of carbonyl (C=O) groups is 2. The number of aryl methyl sites for hydroxylation is 2. The number of rotatable bonds is 6. The van der Waals surface area contributed by atoms with Gasteiger partial charge in [-0.15, -0.1) is 11.8 Å². The highest BCUT2D eigenvalue weighted by atomic mass is 32.2. The van der Waals surface area contributed by atoms with Crippen LogP contribution in [0.2, 0.25) is 0 Å². The van der Waals surface area contributed by atoms with E-state index in [4.69, 9.17) is 0 Å². The Balaban J connectivity index is 1.58. The molecule has 2 unspecified atom stereocenters. The predicted molar refractivity (Wildman–Crippen MR) is 119 cm³/mol. The first-order chi connectivity index (χ1) is 15.4. The van der Waals surface area contributed by atoms with Crippen molar-refractivity contribution < 1.29 is 31.2 Å². The molecule has 0 spiro atoms. The standard InChI is InChI=1S/C21H22F3N3O4S2/c1-12-6-7-15(8-13(12)2)26-18(28)11-32-20-25-10-17(19(29)27-20)33(30,31)16-5-3-4-14(9-16)21(22,23)24/h3-9,17,20,25H,10-11H2,1-2H3,(H,26,28)(H,27,29). The van der Waals surface area contributed by atoms with E-state index in [1.54, 1.807) is 6.07 Å². The number of alkyl halides is 3. The molecule has 1 aliphatic heterocycles. The monoisotopic (exact) mass is 501 g/mol. The zero-order valence-corrected chi connectivity index (χ0v) is 19.3. The smallest absolute Gasteiger partial charge is 0.331 e. The molecule has 3 rings (SSSR count). The fourth-order valence-corrected chi connectivity index (χ4v) is 5.48. The molecule has 2 aromatic rings. The largest absolute Gasteiger partial charge is 0.416 e. The highest BCUT2D eigenvalue weighted by molar-refractivity contribution is 8.00. The second-order valence-corrected chi connectivity index (χ2v) is 10.7. The second kappa shape index (κ2) is 9.74. The quantitative estimate of drug-likeness (QED) is 0.563. The third-order valence-electron chi connectivity index (χ3n) is 5.09. The molecule has 2 aromatic carbocycles. The number of carbonyl (C=O) groups excluding carboxylic acids is 2. The van der Waals surface area contributed by atoms with Crippen LogP contribution >= 0.6 is 11.8 Å². The SMILES string of the molecule is Cc1ccc(NC(=O)CSC2NCC(S(=O)(=O)c3cccc(C(F)(F)F)c3)C(=O)N2)cc1C. The van der Waals surface area contributed by atoms with Crippen LogP contribution in [0.25, 0.3) is 0 Å². The molecule has 0 aromatic heterocycles. The van der Waals surface area contributed by atoms with E-state index >= 15 is 0 Å². The molecular weight excluding hydrogens is 479 g/mol. The molecule has 1 saturated heterocycles. The molecule has 3 N–H and O–H groups in total. The van der Waals surface area contributed by atoms with Crippen LogP contribution in [-0.2, 0) is 25.6 Å². The summed E-state index contributed by atoms with van der Waals surface area (Å²) in [6, 6.07) is 8.77. The Hall–Kier alpha value is -2.57. The predicted octanol–water partition coefficient (Wildman–Crippen LogP) is 2.84. The van der Waals surface area contributed by atoms with Gasteiger partial charge in [0.05, 0.1) is 16.2 Å². The third-order valence-corrected chi connectivity index (χ3v) is 8.18. The first-order valence-corrected chi connectivity index (χ1v) is 12.4. The van der Waals surface area contributed by atoms with Gasteiger partial charge in [-0.3, -0.25) is 14.9 Å². The van der Waals surface area contributed by atoms with Crippen molar-refractivity contribution in [2.45, 2.75) is 35.7 Å². The van der Waals surface area contributed by atoms with Crippen molar-refractivity contribution >= 4 is 39.1 Å². The minimum atomic E-state index is -4.71. The Morgan fingerprint density at radius 1 is 1.15 bits per heavy atom. The van der Waals surface area contributed by atoms with Gasteiger partial charge < -0.3 is 10.6 Å². The Bertz CT molecular complexity index is 1170. The zero-order chi connectivity index (χ0) is 24.4. The number of halogens is 3. The third kappa shape index (κ3) is 6.06. The first-order valence-electron chi connectivity index (χ1n) is 9.81.